The van der Waals surface area contributed by atoms with E-state index in [1.165, 1.54) is 11.3 Å². The lowest BCUT2D eigenvalue weighted by Crippen LogP contribution is -2.24. The number of carbonyl (C=O) groups is 1. The first-order valence-electron chi connectivity index (χ1n) is 5.64. The van der Waals surface area contributed by atoms with Gasteiger partial charge in [0.2, 0.25) is 5.91 Å². The predicted molar refractivity (Wildman–Crippen MR) is 71.3 cm³/mol. The summed E-state index contributed by atoms with van der Waals surface area (Å²) in [6.45, 7) is 1.07. The molecule has 94 valence electrons. The van der Waals surface area contributed by atoms with Crippen LogP contribution in [0.4, 0.5) is 5.82 Å². The van der Waals surface area contributed by atoms with Gasteiger partial charge in [-0.3, -0.25) is 4.79 Å². The predicted octanol–water partition coefficient (Wildman–Crippen LogP) is 1.66. The fourth-order valence-electron chi connectivity index (χ4n) is 1.37. The zero-order valence-corrected chi connectivity index (χ0v) is 10.6. The fraction of sp³-hybridized carbons (Fsp3) is 0.250. The number of thiazole rings is 1. The number of nitrogens with zero attached hydrogens (tertiary/aromatic N) is 2. The van der Waals surface area contributed by atoms with Crippen molar-refractivity contribution < 1.29 is 4.79 Å². The molecule has 2 N–H and O–H groups in total. The fourth-order valence-corrected chi connectivity index (χ4v) is 1.93. The van der Waals surface area contributed by atoms with Gasteiger partial charge in [0.15, 0.2) is 0 Å². The average molecular weight is 262 g/mol. The van der Waals surface area contributed by atoms with E-state index in [1.807, 2.05) is 23.6 Å². The van der Waals surface area contributed by atoms with Crippen LogP contribution in [-0.4, -0.2) is 22.4 Å². The Hall–Kier alpha value is -1.95. The Morgan fingerprint density at radius 1 is 1.28 bits per heavy atom. The highest BCUT2D eigenvalue weighted by Gasteiger charge is 2.02. The van der Waals surface area contributed by atoms with E-state index in [-0.39, 0.29) is 5.91 Å². The van der Waals surface area contributed by atoms with Crippen molar-refractivity contribution in [2.75, 3.05) is 11.9 Å². The molecule has 0 unspecified atom stereocenters. The molecule has 0 aliphatic rings. The van der Waals surface area contributed by atoms with Crippen LogP contribution < -0.4 is 10.6 Å². The number of hydrogen-bond donors (Lipinski definition) is 2. The Morgan fingerprint density at radius 2 is 2.22 bits per heavy atom. The summed E-state index contributed by atoms with van der Waals surface area (Å²) < 4.78 is 0. The Labute approximate surface area is 109 Å². The van der Waals surface area contributed by atoms with Crippen LogP contribution >= 0.6 is 11.3 Å². The van der Waals surface area contributed by atoms with E-state index in [0.717, 1.165) is 10.8 Å². The SMILES string of the molecule is O=C(CCNc1ccccn1)NCc1nccs1. The van der Waals surface area contributed by atoms with Crippen molar-refractivity contribution in [1.82, 2.24) is 15.3 Å². The monoisotopic (exact) mass is 262 g/mol. The highest BCUT2D eigenvalue weighted by atomic mass is 32.1. The Balaban J connectivity index is 1.63. The van der Waals surface area contributed by atoms with Crippen molar-refractivity contribution >= 4 is 23.1 Å². The number of amides is 1. The van der Waals surface area contributed by atoms with Gasteiger partial charge in [0.1, 0.15) is 10.8 Å². The first-order valence-corrected chi connectivity index (χ1v) is 6.52. The Kier molecular flexibility index (Phi) is 4.66. The summed E-state index contributed by atoms with van der Waals surface area (Å²) in [6, 6.07) is 5.62. The Bertz CT molecular complexity index is 472. The number of hydrogen-bond acceptors (Lipinski definition) is 5. The molecule has 0 fully saturated rings. The van der Waals surface area contributed by atoms with Crippen molar-refractivity contribution in [1.29, 1.82) is 0 Å². The van der Waals surface area contributed by atoms with E-state index in [1.54, 1.807) is 12.4 Å². The van der Waals surface area contributed by atoms with Crippen LogP contribution in [0.3, 0.4) is 0 Å². The molecule has 6 heteroatoms. The zero-order valence-electron chi connectivity index (χ0n) is 9.80. The van der Waals surface area contributed by atoms with Gasteiger partial charge in [0.05, 0.1) is 6.54 Å². The van der Waals surface area contributed by atoms with Crippen LogP contribution in [0.5, 0.6) is 0 Å². The molecule has 2 aromatic heterocycles. The van der Waals surface area contributed by atoms with E-state index in [2.05, 4.69) is 20.6 Å². The molecule has 2 heterocycles. The average Bonchev–Trinajstić information content (AvgIpc) is 2.91. The topological polar surface area (TPSA) is 66.9 Å². The summed E-state index contributed by atoms with van der Waals surface area (Å²) in [5.41, 5.74) is 0. The third-order valence-corrected chi connectivity index (χ3v) is 3.02. The molecule has 18 heavy (non-hydrogen) atoms. The minimum absolute atomic E-state index is 0.00799. The number of rotatable bonds is 6. The van der Waals surface area contributed by atoms with E-state index in [4.69, 9.17) is 0 Å². The molecular formula is C12H14N4OS. The molecule has 0 saturated carbocycles. The quantitative estimate of drug-likeness (QED) is 0.831. The first-order chi connectivity index (χ1) is 8.84. The van der Waals surface area contributed by atoms with E-state index >= 15 is 0 Å². The lowest BCUT2D eigenvalue weighted by Gasteiger charge is -2.05. The maximum absolute atomic E-state index is 11.5. The minimum Gasteiger partial charge on any atom is -0.370 e. The summed E-state index contributed by atoms with van der Waals surface area (Å²) in [7, 11) is 0. The van der Waals surface area contributed by atoms with E-state index in [9.17, 15) is 4.79 Å². The summed E-state index contributed by atoms with van der Waals surface area (Å²) in [5, 5.41) is 8.71. The summed E-state index contributed by atoms with van der Waals surface area (Å²) in [5.74, 6) is 0.791. The molecule has 0 aliphatic heterocycles. The zero-order chi connectivity index (χ0) is 12.6. The second-order valence-corrected chi connectivity index (χ2v) is 4.57. The van der Waals surface area contributed by atoms with E-state index < -0.39 is 0 Å². The van der Waals surface area contributed by atoms with Crippen LogP contribution in [0.1, 0.15) is 11.4 Å². The lowest BCUT2D eigenvalue weighted by molar-refractivity contribution is -0.121. The molecule has 0 saturated heterocycles. The van der Waals surface area contributed by atoms with Crippen LogP contribution in [-0.2, 0) is 11.3 Å². The summed E-state index contributed by atoms with van der Waals surface area (Å²) in [4.78, 5) is 19.7. The molecule has 0 radical (unpaired) electrons. The smallest absolute Gasteiger partial charge is 0.222 e. The van der Waals surface area contributed by atoms with E-state index in [0.29, 0.717) is 19.5 Å². The van der Waals surface area contributed by atoms with Gasteiger partial charge < -0.3 is 10.6 Å². The van der Waals surface area contributed by atoms with Crippen molar-refractivity contribution in [2.45, 2.75) is 13.0 Å². The maximum Gasteiger partial charge on any atom is 0.222 e. The van der Waals surface area contributed by atoms with Gasteiger partial charge in [0.25, 0.3) is 0 Å². The number of nitrogens with one attached hydrogen (secondary N) is 2. The van der Waals surface area contributed by atoms with Crippen LogP contribution in [0, 0.1) is 0 Å². The van der Waals surface area contributed by atoms with Crippen LogP contribution in [0.15, 0.2) is 36.0 Å². The van der Waals surface area contributed by atoms with Gasteiger partial charge >= 0.3 is 0 Å². The van der Waals surface area contributed by atoms with Crippen molar-refractivity contribution in [3.05, 3.63) is 41.0 Å². The number of carbonyl (C=O) groups excluding carboxylic acids is 1. The van der Waals surface area contributed by atoms with Crippen molar-refractivity contribution in [3.8, 4) is 0 Å². The van der Waals surface area contributed by atoms with Gasteiger partial charge in [-0.1, -0.05) is 6.07 Å². The molecule has 0 atom stereocenters. The molecule has 1 amide bonds. The van der Waals surface area contributed by atoms with Crippen molar-refractivity contribution in [3.63, 3.8) is 0 Å². The second kappa shape index (κ2) is 6.70. The van der Waals surface area contributed by atoms with Gasteiger partial charge in [-0.2, -0.15) is 0 Å². The lowest BCUT2D eigenvalue weighted by atomic mass is 10.4. The van der Waals surface area contributed by atoms with Gasteiger partial charge in [-0.05, 0) is 12.1 Å². The molecular weight excluding hydrogens is 248 g/mol. The second-order valence-electron chi connectivity index (χ2n) is 3.59. The number of aromatic nitrogens is 2. The third kappa shape index (κ3) is 4.14. The summed E-state index contributed by atoms with van der Waals surface area (Å²) in [6.07, 6.45) is 3.86. The highest BCUT2D eigenvalue weighted by molar-refractivity contribution is 7.09. The molecule has 0 bridgehead atoms. The first kappa shape index (κ1) is 12.5. The molecule has 2 aromatic rings. The molecule has 0 aliphatic carbocycles. The van der Waals surface area contributed by atoms with Crippen molar-refractivity contribution in [2.24, 2.45) is 0 Å². The number of anilines is 1. The molecule has 0 aromatic carbocycles. The largest absolute Gasteiger partial charge is 0.370 e. The van der Waals surface area contributed by atoms with Gasteiger partial charge in [-0.15, -0.1) is 11.3 Å². The van der Waals surface area contributed by atoms with Crippen LogP contribution in [0.2, 0.25) is 0 Å². The third-order valence-electron chi connectivity index (χ3n) is 2.24. The maximum atomic E-state index is 11.5. The normalized spacial score (nSPS) is 10.0. The summed E-state index contributed by atoms with van der Waals surface area (Å²) >= 11 is 1.53. The molecule has 2 rings (SSSR count). The standard InChI is InChI=1S/C12H14N4OS/c17-11(16-9-12-15-7-8-18-12)4-6-14-10-3-1-2-5-13-10/h1-3,5,7-8H,4,6,9H2,(H,13,14)(H,16,17). The molecule has 5 nitrogen and oxygen atoms in total. The minimum atomic E-state index is 0.00799. The van der Waals surface area contributed by atoms with Crippen LogP contribution in [0.25, 0.3) is 0 Å². The Morgan fingerprint density at radius 3 is 2.94 bits per heavy atom. The molecule has 0 spiro atoms. The van der Waals surface area contributed by atoms with Gasteiger partial charge in [-0.25, -0.2) is 9.97 Å². The number of pyridine rings is 1. The highest BCUT2D eigenvalue weighted by Crippen LogP contribution is 2.03. The van der Waals surface area contributed by atoms with Gasteiger partial charge in [0, 0.05) is 30.7 Å².